The minimum absolute atomic E-state index is 0.0466. The highest BCUT2D eigenvalue weighted by Gasteiger charge is 2.72. The molecule has 6 heteroatoms. The van der Waals surface area contributed by atoms with Crippen LogP contribution in [-0.2, 0) is 14.3 Å². The number of fused-ring (bicyclic) bond motifs is 2. The second-order valence-corrected chi connectivity index (χ2v) is 9.77. The molecule has 6 nitrogen and oxygen atoms in total. The van der Waals surface area contributed by atoms with Gasteiger partial charge in [0.1, 0.15) is 6.10 Å². The van der Waals surface area contributed by atoms with Crippen LogP contribution in [-0.4, -0.2) is 57.9 Å². The van der Waals surface area contributed by atoms with E-state index in [2.05, 4.69) is 6.92 Å². The van der Waals surface area contributed by atoms with Crippen molar-refractivity contribution in [1.82, 2.24) is 0 Å². The summed E-state index contributed by atoms with van der Waals surface area (Å²) in [7, 11) is 0. The third kappa shape index (κ3) is 2.20. The second-order valence-electron chi connectivity index (χ2n) is 9.77. The lowest BCUT2D eigenvalue weighted by atomic mass is 9.43. The Morgan fingerprint density at radius 3 is 2.50 bits per heavy atom. The Kier molecular flexibility index (Phi) is 4.15. The molecule has 148 valence electrons. The van der Waals surface area contributed by atoms with E-state index in [1.165, 1.54) is 0 Å². The number of aliphatic hydroxyl groups is 3. The molecular weight excluding hydrogens is 336 g/mol. The Bertz CT molecular complexity index is 609. The molecule has 2 aliphatic carbocycles. The summed E-state index contributed by atoms with van der Waals surface area (Å²) in [5.41, 5.74) is -2.14. The van der Waals surface area contributed by atoms with Gasteiger partial charge in [0.15, 0.2) is 12.1 Å². The van der Waals surface area contributed by atoms with Crippen LogP contribution in [0.4, 0.5) is 0 Å². The van der Waals surface area contributed by atoms with Crippen molar-refractivity contribution in [2.24, 2.45) is 22.7 Å². The van der Waals surface area contributed by atoms with E-state index in [1.54, 1.807) is 0 Å². The van der Waals surface area contributed by atoms with Gasteiger partial charge in [-0.1, -0.05) is 27.2 Å². The average molecular weight is 368 g/mol. The molecule has 2 saturated carbocycles. The molecule has 0 radical (unpaired) electrons. The number of ketones is 1. The zero-order valence-electron chi connectivity index (χ0n) is 16.0. The number of Topliss-reactive ketones (excluding diaryl/α,β-unsaturated/α-hetero) is 1. The first-order chi connectivity index (χ1) is 12.1. The molecule has 4 fully saturated rings. The number of rotatable bonds is 1. The highest BCUT2D eigenvalue weighted by molar-refractivity contribution is 5.88. The summed E-state index contributed by atoms with van der Waals surface area (Å²) in [5.74, 6) is -0.928. The molecule has 0 unspecified atom stereocenters. The molecule has 3 N–H and O–H groups in total. The fraction of sp³-hybridized carbons (Fsp3) is 0.950. The first kappa shape index (κ1) is 18.8. The highest BCUT2D eigenvalue weighted by Crippen LogP contribution is 2.67. The molecule has 2 heterocycles. The number of hydrogen-bond donors (Lipinski definition) is 3. The fourth-order valence-corrected chi connectivity index (χ4v) is 7.00. The van der Waals surface area contributed by atoms with Crippen molar-refractivity contribution in [3.63, 3.8) is 0 Å². The van der Waals surface area contributed by atoms with Crippen LogP contribution < -0.4 is 0 Å². The molecule has 4 rings (SSSR count). The van der Waals surface area contributed by atoms with Crippen molar-refractivity contribution in [1.29, 1.82) is 0 Å². The number of ether oxygens (including phenoxy) is 2. The average Bonchev–Trinajstić information content (AvgIpc) is 3.16. The van der Waals surface area contributed by atoms with E-state index in [-0.39, 0.29) is 18.3 Å². The van der Waals surface area contributed by atoms with Gasteiger partial charge in [-0.15, -0.1) is 0 Å². The van der Waals surface area contributed by atoms with Crippen molar-refractivity contribution in [2.75, 3.05) is 13.2 Å². The minimum Gasteiger partial charge on any atom is -0.396 e. The van der Waals surface area contributed by atoms with Crippen LogP contribution in [0.15, 0.2) is 0 Å². The van der Waals surface area contributed by atoms with Crippen molar-refractivity contribution in [3.8, 4) is 0 Å². The Balaban J connectivity index is 1.80. The van der Waals surface area contributed by atoms with Gasteiger partial charge >= 0.3 is 0 Å². The summed E-state index contributed by atoms with van der Waals surface area (Å²) in [6.07, 6.45) is 2.61. The van der Waals surface area contributed by atoms with Gasteiger partial charge in [-0.3, -0.25) is 4.79 Å². The Labute approximate surface area is 154 Å². The topological polar surface area (TPSA) is 96.2 Å². The van der Waals surface area contributed by atoms with Gasteiger partial charge in [-0.2, -0.15) is 0 Å². The molecule has 0 aromatic carbocycles. The van der Waals surface area contributed by atoms with Crippen LogP contribution >= 0.6 is 0 Å². The Morgan fingerprint density at radius 1 is 1.15 bits per heavy atom. The van der Waals surface area contributed by atoms with E-state index in [9.17, 15) is 20.1 Å². The molecule has 0 aromatic heterocycles. The van der Waals surface area contributed by atoms with E-state index >= 15 is 0 Å². The number of carbonyl (C=O) groups excluding carboxylic acids is 1. The smallest absolute Gasteiger partial charge is 0.167 e. The maximum absolute atomic E-state index is 13.1. The van der Waals surface area contributed by atoms with E-state index < -0.39 is 40.3 Å². The maximum Gasteiger partial charge on any atom is 0.167 e. The zero-order chi connectivity index (χ0) is 19.0. The van der Waals surface area contributed by atoms with Crippen molar-refractivity contribution >= 4 is 5.78 Å². The first-order valence-electron chi connectivity index (χ1n) is 9.96. The maximum atomic E-state index is 13.1. The Hall–Kier alpha value is -0.530. The van der Waals surface area contributed by atoms with Crippen LogP contribution in [0.2, 0.25) is 0 Å². The number of aliphatic hydroxyl groups excluding tert-OH is 3. The predicted molar refractivity (Wildman–Crippen MR) is 93.2 cm³/mol. The molecule has 0 amide bonds. The summed E-state index contributed by atoms with van der Waals surface area (Å²) >= 11 is 0. The predicted octanol–water partition coefficient (Wildman–Crippen LogP) is 1.40. The third-order valence-electron chi connectivity index (χ3n) is 8.38. The zero-order valence-corrected chi connectivity index (χ0v) is 16.0. The lowest BCUT2D eigenvalue weighted by Crippen LogP contribution is -2.70. The van der Waals surface area contributed by atoms with Gasteiger partial charge in [0.25, 0.3) is 0 Å². The van der Waals surface area contributed by atoms with Gasteiger partial charge in [0.05, 0.1) is 17.8 Å². The van der Waals surface area contributed by atoms with Crippen molar-refractivity contribution < 1.29 is 29.6 Å². The van der Waals surface area contributed by atoms with Gasteiger partial charge < -0.3 is 24.8 Å². The Morgan fingerprint density at radius 2 is 1.88 bits per heavy atom. The van der Waals surface area contributed by atoms with Gasteiger partial charge in [0, 0.05) is 30.3 Å². The molecule has 4 aliphatic rings. The molecule has 26 heavy (non-hydrogen) atoms. The summed E-state index contributed by atoms with van der Waals surface area (Å²) in [6.45, 7) is 6.31. The van der Waals surface area contributed by atoms with Crippen LogP contribution in [0, 0.1) is 22.7 Å². The van der Waals surface area contributed by atoms with E-state index in [1.807, 2.05) is 13.8 Å². The largest absolute Gasteiger partial charge is 0.396 e. The molecule has 2 spiro atoms. The van der Waals surface area contributed by atoms with E-state index in [0.717, 1.165) is 32.1 Å². The standard InChI is InChI=1S/C20H32O6/c1-12-14(23)15(24)16-17(2,10-21)5-4-6-18(16,3)20(12)8-7-19(26-20)9-13(22)25-11-19/h12-13,15-16,21-22,24H,4-11H2,1-3H3/t12-,13-,15-,16-,17-,18+,19-,20-/m1/s1. The summed E-state index contributed by atoms with van der Waals surface area (Å²) in [5, 5.41) is 30.9. The lowest BCUT2D eigenvalue weighted by molar-refractivity contribution is -0.262. The summed E-state index contributed by atoms with van der Waals surface area (Å²) < 4.78 is 12.1. The van der Waals surface area contributed by atoms with Crippen LogP contribution in [0.5, 0.6) is 0 Å². The van der Waals surface area contributed by atoms with E-state index in [0.29, 0.717) is 13.0 Å². The quantitative estimate of drug-likeness (QED) is 0.647. The van der Waals surface area contributed by atoms with Crippen molar-refractivity contribution in [3.05, 3.63) is 0 Å². The van der Waals surface area contributed by atoms with Gasteiger partial charge in [0.2, 0.25) is 0 Å². The molecule has 0 bridgehead atoms. The highest BCUT2D eigenvalue weighted by atomic mass is 16.6. The molecule has 2 saturated heterocycles. The number of hydrogen-bond acceptors (Lipinski definition) is 6. The summed E-state index contributed by atoms with van der Waals surface area (Å²) in [4.78, 5) is 13.1. The number of carbonyl (C=O) groups is 1. The van der Waals surface area contributed by atoms with Gasteiger partial charge in [-0.05, 0) is 31.1 Å². The molecule has 0 aromatic rings. The third-order valence-corrected chi connectivity index (χ3v) is 8.38. The first-order valence-corrected chi connectivity index (χ1v) is 9.96. The second kappa shape index (κ2) is 5.74. The fourth-order valence-electron chi connectivity index (χ4n) is 7.00. The molecule has 2 aliphatic heterocycles. The minimum atomic E-state index is -1.07. The SMILES string of the molecule is C[C@@H]1C(=O)[C@@H](O)[C@@H]2[C@@](C)(CO)CCC[C@]2(C)[C@@]12CC[C@@]1(CO[C@@H](O)C1)O2. The van der Waals surface area contributed by atoms with E-state index in [4.69, 9.17) is 9.47 Å². The lowest BCUT2D eigenvalue weighted by Gasteiger charge is -2.64. The van der Waals surface area contributed by atoms with Crippen LogP contribution in [0.3, 0.4) is 0 Å². The van der Waals surface area contributed by atoms with Gasteiger partial charge in [-0.25, -0.2) is 0 Å². The van der Waals surface area contributed by atoms with Crippen LogP contribution in [0.25, 0.3) is 0 Å². The summed E-state index contributed by atoms with van der Waals surface area (Å²) in [6, 6.07) is 0. The molecular formula is C20H32O6. The normalized spacial score (nSPS) is 57.1. The molecule has 8 atom stereocenters. The van der Waals surface area contributed by atoms with Crippen molar-refractivity contribution in [2.45, 2.75) is 82.9 Å². The monoisotopic (exact) mass is 368 g/mol. The van der Waals surface area contributed by atoms with Crippen LogP contribution in [0.1, 0.15) is 59.3 Å².